The molecule has 1 aromatic carbocycles. The van der Waals surface area contributed by atoms with Crippen molar-refractivity contribution < 1.29 is 14.3 Å². The lowest BCUT2D eigenvalue weighted by molar-refractivity contribution is -0.137. The van der Waals surface area contributed by atoms with Gasteiger partial charge in [0.25, 0.3) is 5.78 Å². The quantitative estimate of drug-likeness (QED) is 0.456. The summed E-state index contributed by atoms with van der Waals surface area (Å²) in [6, 6.07) is 6.66. The molecule has 2 rings (SSSR count). The molecular weight excluding hydrogens is 234 g/mol. The van der Waals surface area contributed by atoms with Crippen LogP contribution < -0.4 is 0 Å². The SMILES string of the molecule is CCOC(=O)C(=O)c1ccccc1-n1ccnn1. The molecule has 2 aromatic rings. The van der Waals surface area contributed by atoms with Crippen LogP contribution in [-0.2, 0) is 9.53 Å². The Labute approximate surface area is 103 Å². The normalized spacial score (nSPS) is 10.1. The van der Waals surface area contributed by atoms with Crippen molar-refractivity contribution in [1.29, 1.82) is 0 Å². The number of ether oxygens (including phenoxy) is 1. The molecule has 6 nitrogen and oxygen atoms in total. The summed E-state index contributed by atoms with van der Waals surface area (Å²) in [7, 11) is 0. The lowest BCUT2D eigenvalue weighted by Gasteiger charge is -2.07. The van der Waals surface area contributed by atoms with Crippen LogP contribution in [0.3, 0.4) is 0 Å². The Morgan fingerprint density at radius 2 is 2.11 bits per heavy atom. The zero-order chi connectivity index (χ0) is 13.0. The number of ketones is 1. The van der Waals surface area contributed by atoms with Gasteiger partial charge in [-0.3, -0.25) is 4.79 Å². The summed E-state index contributed by atoms with van der Waals surface area (Å²) in [6.45, 7) is 1.81. The smallest absolute Gasteiger partial charge is 0.379 e. The molecule has 0 amide bonds. The summed E-state index contributed by atoms with van der Waals surface area (Å²) in [5, 5.41) is 7.46. The third-order valence-corrected chi connectivity index (χ3v) is 2.28. The molecule has 18 heavy (non-hydrogen) atoms. The fraction of sp³-hybridized carbons (Fsp3) is 0.167. The first kappa shape index (κ1) is 12.0. The molecule has 0 spiro atoms. The third kappa shape index (κ3) is 2.27. The van der Waals surface area contributed by atoms with Crippen LogP contribution in [0, 0.1) is 0 Å². The van der Waals surface area contributed by atoms with E-state index in [9.17, 15) is 9.59 Å². The summed E-state index contributed by atoms with van der Waals surface area (Å²) in [5.41, 5.74) is 0.731. The predicted octanol–water partition coefficient (Wildman–Crippen LogP) is 1.01. The largest absolute Gasteiger partial charge is 0.460 e. The fourth-order valence-corrected chi connectivity index (χ4v) is 1.51. The third-order valence-electron chi connectivity index (χ3n) is 2.28. The number of nitrogens with zero attached hydrogens (tertiary/aromatic N) is 3. The minimum Gasteiger partial charge on any atom is -0.460 e. The van der Waals surface area contributed by atoms with Crippen LogP contribution in [0.1, 0.15) is 17.3 Å². The van der Waals surface area contributed by atoms with Gasteiger partial charge in [-0.05, 0) is 19.1 Å². The van der Waals surface area contributed by atoms with E-state index in [1.165, 1.54) is 10.9 Å². The van der Waals surface area contributed by atoms with Gasteiger partial charge in [-0.15, -0.1) is 5.10 Å². The second-order valence-electron chi connectivity index (χ2n) is 3.41. The molecule has 92 valence electrons. The molecule has 0 saturated carbocycles. The molecule has 6 heteroatoms. The van der Waals surface area contributed by atoms with Gasteiger partial charge in [-0.2, -0.15) is 0 Å². The van der Waals surface area contributed by atoms with E-state index < -0.39 is 11.8 Å². The molecule has 1 aromatic heterocycles. The summed E-state index contributed by atoms with van der Waals surface area (Å²) in [6.07, 6.45) is 3.09. The zero-order valence-electron chi connectivity index (χ0n) is 9.74. The monoisotopic (exact) mass is 245 g/mol. The lowest BCUT2D eigenvalue weighted by atomic mass is 10.1. The lowest BCUT2D eigenvalue weighted by Crippen LogP contribution is -2.19. The maximum absolute atomic E-state index is 11.9. The average Bonchev–Trinajstić information content (AvgIpc) is 2.92. The standard InChI is InChI=1S/C12H11N3O3/c1-2-18-12(17)11(16)9-5-3-4-6-10(9)15-8-7-13-14-15/h3-8H,2H2,1H3. The van der Waals surface area contributed by atoms with Gasteiger partial charge in [-0.1, -0.05) is 17.3 Å². The molecule has 0 N–H and O–H groups in total. The van der Waals surface area contributed by atoms with Crippen molar-refractivity contribution in [2.75, 3.05) is 6.61 Å². The Hall–Kier alpha value is -2.50. The number of carbonyl (C=O) groups excluding carboxylic acids is 2. The molecule has 0 bridgehead atoms. The van der Waals surface area contributed by atoms with E-state index in [-0.39, 0.29) is 12.2 Å². The minimum atomic E-state index is -0.870. The van der Waals surface area contributed by atoms with Crippen molar-refractivity contribution in [3.63, 3.8) is 0 Å². The molecule has 0 atom stereocenters. The number of Topliss-reactive ketones (excluding diaryl/α,β-unsaturated/α-hetero) is 1. The highest BCUT2D eigenvalue weighted by atomic mass is 16.5. The first-order valence-corrected chi connectivity index (χ1v) is 5.41. The second-order valence-corrected chi connectivity index (χ2v) is 3.41. The van der Waals surface area contributed by atoms with Gasteiger partial charge < -0.3 is 4.74 Å². The summed E-state index contributed by atoms with van der Waals surface area (Å²) >= 11 is 0. The first-order chi connectivity index (χ1) is 8.74. The van der Waals surface area contributed by atoms with Crippen LogP contribution in [0.25, 0.3) is 5.69 Å². The van der Waals surface area contributed by atoms with Crippen LogP contribution >= 0.6 is 0 Å². The number of aromatic nitrogens is 3. The van der Waals surface area contributed by atoms with Gasteiger partial charge in [0.05, 0.1) is 30.3 Å². The second kappa shape index (κ2) is 5.22. The van der Waals surface area contributed by atoms with Gasteiger partial charge in [-0.25, -0.2) is 9.48 Å². The minimum absolute atomic E-state index is 0.163. The van der Waals surface area contributed by atoms with Crippen LogP contribution in [0.2, 0.25) is 0 Å². The molecule has 0 aliphatic heterocycles. The maximum atomic E-state index is 11.9. The number of benzene rings is 1. The van der Waals surface area contributed by atoms with E-state index in [1.54, 1.807) is 37.4 Å². The average molecular weight is 245 g/mol. The highest BCUT2D eigenvalue weighted by Crippen LogP contribution is 2.14. The van der Waals surface area contributed by atoms with Gasteiger partial charge in [0.2, 0.25) is 0 Å². The summed E-state index contributed by atoms with van der Waals surface area (Å²) in [4.78, 5) is 23.4. The van der Waals surface area contributed by atoms with E-state index in [0.29, 0.717) is 5.69 Å². The van der Waals surface area contributed by atoms with Gasteiger partial charge in [0.1, 0.15) is 0 Å². The van der Waals surface area contributed by atoms with Crippen LogP contribution in [0.4, 0.5) is 0 Å². The van der Waals surface area contributed by atoms with Crippen molar-refractivity contribution in [3.05, 3.63) is 42.2 Å². The molecule has 0 saturated heterocycles. The maximum Gasteiger partial charge on any atom is 0.379 e. The van der Waals surface area contributed by atoms with Crippen molar-refractivity contribution in [3.8, 4) is 5.69 Å². The van der Waals surface area contributed by atoms with E-state index in [0.717, 1.165) is 0 Å². The summed E-state index contributed by atoms with van der Waals surface area (Å²) in [5.74, 6) is -1.56. The Kier molecular flexibility index (Phi) is 3.47. The van der Waals surface area contributed by atoms with Crippen LogP contribution in [0.15, 0.2) is 36.7 Å². The van der Waals surface area contributed by atoms with Crippen LogP contribution in [-0.4, -0.2) is 33.4 Å². The van der Waals surface area contributed by atoms with E-state index in [2.05, 4.69) is 10.3 Å². The Morgan fingerprint density at radius 3 is 2.78 bits per heavy atom. The van der Waals surface area contributed by atoms with Crippen molar-refractivity contribution in [1.82, 2.24) is 15.0 Å². The number of esters is 1. The molecular formula is C12H11N3O3. The Balaban J connectivity index is 2.40. The Morgan fingerprint density at radius 1 is 1.33 bits per heavy atom. The van der Waals surface area contributed by atoms with Gasteiger partial charge in [0, 0.05) is 0 Å². The number of carbonyl (C=O) groups is 2. The fourth-order valence-electron chi connectivity index (χ4n) is 1.51. The van der Waals surface area contributed by atoms with E-state index >= 15 is 0 Å². The molecule has 0 aliphatic carbocycles. The molecule has 0 radical (unpaired) electrons. The van der Waals surface area contributed by atoms with Crippen LogP contribution in [0.5, 0.6) is 0 Å². The van der Waals surface area contributed by atoms with Crippen molar-refractivity contribution in [2.24, 2.45) is 0 Å². The predicted molar refractivity (Wildman–Crippen MR) is 62.3 cm³/mol. The van der Waals surface area contributed by atoms with E-state index in [1.807, 2.05) is 0 Å². The zero-order valence-corrected chi connectivity index (χ0v) is 9.74. The van der Waals surface area contributed by atoms with E-state index in [4.69, 9.17) is 4.74 Å². The highest BCUT2D eigenvalue weighted by molar-refractivity contribution is 6.41. The number of rotatable bonds is 4. The number of para-hydroxylation sites is 1. The molecule has 1 heterocycles. The molecule has 0 unspecified atom stereocenters. The van der Waals surface area contributed by atoms with Crippen molar-refractivity contribution in [2.45, 2.75) is 6.92 Å². The topological polar surface area (TPSA) is 74.1 Å². The molecule has 0 fully saturated rings. The Bertz CT molecular complexity index is 564. The number of hydrogen-bond acceptors (Lipinski definition) is 5. The van der Waals surface area contributed by atoms with Crippen molar-refractivity contribution >= 4 is 11.8 Å². The molecule has 0 aliphatic rings. The number of hydrogen-bond donors (Lipinski definition) is 0. The summed E-state index contributed by atoms with van der Waals surface area (Å²) < 4.78 is 6.12. The first-order valence-electron chi connectivity index (χ1n) is 5.41. The van der Waals surface area contributed by atoms with Gasteiger partial charge in [0.15, 0.2) is 0 Å². The highest BCUT2D eigenvalue weighted by Gasteiger charge is 2.21. The van der Waals surface area contributed by atoms with Gasteiger partial charge >= 0.3 is 5.97 Å².